The fourth-order valence-corrected chi connectivity index (χ4v) is 6.70. The standard InChI is InChI=1S/C40H25NO/c1-2-11-26(12-3-1)31-18-10-19-35-38-34-17-8-9-20-37(34)41(40(38)42-39(31)35)29-23-21-27(22-24-29)36-25-28-13-4-5-14-30(28)32-15-6-7-16-33(32)36/h1-25H. The van der Waals surface area contributed by atoms with Crippen molar-refractivity contribution in [1.29, 1.82) is 0 Å². The lowest BCUT2D eigenvalue weighted by Crippen LogP contribution is -1.93. The van der Waals surface area contributed by atoms with Crippen LogP contribution in [-0.2, 0) is 0 Å². The molecular formula is C40H25NO. The third-order valence-electron chi connectivity index (χ3n) is 8.60. The van der Waals surface area contributed by atoms with Crippen molar-refractivity contribution in [2.24, 2.45) is 0 Å². The molecule has 0 fully saturated rings. The van der Waals surface area contributed by atoms with Gasteiger partial charge in [0, 0.05) is 22.0 Å². The molecule has 42 heavy (non-hydrogen) atoms. The summed E-state index contributed by atoms with van der Waals surface area (Å²) in [6, 6.07) is 54.1. The van der Waals surface area contributed by atoms with Gasteiger partial charge in [0.15, 0.2) is 0 Å². The molecule has 9 rings (SSSR count). The molecule has 2 aromatic heterocycles. The zero-order chi connectivity index (χ0) is 27.6. The third kappa shape index (κ3) is 3.33. The number of hydrogen-bond acceptors (Lipinski definition) is 1. The van der Waals surface area contributed by atoms with Crippen LogP contribution >= 0.6 is 0 Å². The van der Waals surface area contributed by atoms with Crippen molar-refractivity contribution >= 4 is 54.5 Å². The molecule has 0 aliphatic carbocycles. The van der Waals surface area contributed by atoms with E-state index in [-0.39, 0.29) is 0 Å². The van der Waals surface area contributed by atoms with E-state index < -0.39 is 0 Å². The quantitative estimate of drug-likeness (QED) is 0.206. The maximum absolute atomic E-state index is 6.79. The van der Waals surface area contributed by atoms with Crippen molar-refractivity contribution in [2.75, 3.05) is 0 Å². The molecule has 0 bridgehead atoms. The second-order valence-electron chi connectivity index (χ2n) is 10.9. The molecule has 0 N–H and O–H groups in total. The number of nitrogens with zero attached hydrogens (tertiary/aromatic N) is 1. The normalized spacial score (nSPS) is 11.8. The number of benzene rings is 7. The van der Waals surface area contributed by atoms with Crippen LogP contribution in [0.3, 0.4) is 0 Å². The fraction of sp³-hybridized carbons (Fsp3) is 0. The highest BCUT2D eigenvalue weighted by atomic mass is 16.3. The van der Waals surface area contributed by atoms with Gasteiger partial charge in [0.25, 0.3) is 0 Å². The van der Waals surface area contributed by atoms with Crippen molar-refractivity contribution in [1.82, 2.24) is 4.57 Å². The van der Waals surface area contributed by atoms with E-state index in [9.17, 15) is 0 Å². The van der Waals surface area contributed by atoms with Gasteiger partial charge in [-0.25, -0.2) is 0 Å². The SMILES string of the molecule is c1ccc(-c2cccc3c2oc2c3c3ccccc3n2-c2ccc(-c3cc4ccccc4c4ccccc34)cc2)cc1. The van der Waals surface area contributed by atoms with E-state index in [2.05, 4.69) is 150 Å². The van der Waals surface area contributed by atoms with Crippen LogP contribution in [0.2, 0.25) is 0 Å². The Morgan fingerprint density at radius 1 is 0.429 bits per heavy atom. The maximum atomic E-state index is 6.79. The monoisotopic (exact) mass is 535 g/mol. The lowest BCUT2D eigenvalue weighted by Gasteiger charge is -2.12. The Kier molecular flexibility index (Phi) is 4.93. The van der Waals surface area contributed by atoms with Crippen molar-refractivity contribution in [3.63, 3.8) is 0 Å². The zero-order valence-electron chi connectivity index (χ0n) is 22.8. The van der Waals surface area contributed by atoms with E-state index in [4.69, 9.17) is 4.42 Å². The zero-order valence-corrected chi connectivity index (χ0v) is 22.8. The molecular weight excluding hydrogens is 510 g/mol. The van der Waals surface area contributed by atoms with Gasteiger partial charge >= 0.3 is 0 Å². The van der Waals surface area contributed by atoms with E-state index >= 15 is 0 Å². The summed E-state index contributed by atoms with van der Waals surface area (Å²) in [7, 11) is 0. The fourth-order valence-electron chi connectivity index (χ4n) is 6.70. The number of fused-ring (bicyclic) bond motifs is 8. The van der Waals surface area contributed by atoms with Crippen LogP contribution in [0.15, 0.2) is 156 Å². The first kappa shape index (κ1) is 23.1. The molecule has 0 saturated heterocycles. The summed E-state index contributed by atoms with van der Waals surface area (Å²) >= 11 is 0. The molecule has 0 radical (unpaired) electrons. The number of aromatic nitrogens is 1. The van der Waals surface area contributed by atoms with Gasteiger partial charge in [-0.2, -0.15) is 0 Å². The molecule has 2 heterocycles. The molecule has 0 spiro atoms. The van der Waals surface area contributed by atoms with E-state index in [1.807, 2.05) is 6.07 Å². The van der Waals surface area contributed by atoms with Gasteiger partial charge < -0.3 is 4.42 Å². The van der Waals surface area contributed by atoms with Crippen LogP contribution in [0, 0.1) is 0 Å². The minimum atomic E-state index is 0.874. The number of para-hydroxylation sites is 2. The Balaban J connectivity index is 1.26. The summed E-state index contributed by atoms with van der Waals surface area (Å²) in [4.78, 5) is 0. The molecule has 0 unspecified atom stereocenters. The summed E-state index contributed by atoms with van der Waals surface area (Å²) in [6.45, 7) is 0. The lowest BCUT2D eigenvalue weighted by molar-refractivity contribution is 0.646. The van der Waals surface area contributed by atoms with Gasteiger partial charge in [0.2, 0.25) is 5.71 Å². The maximum Gasteiger partial charge on any atom is 0.213 e. The topological polar surface area (TPSA) is 18.1 Å². The van der Waals surface area contributed by atoms with Crippen LogP contribution in [0.1, 0.15) is 0 Å². The second-order valence-corrected chi connectivity index (χ2v) is 10.9. The highest BCUT2D eigenvalue weighted by Gasteiger charge is 2.21. The largest absolute Gasteiger partial charge is 0.438 e. The molecule has 0 amide bonds. The van der Waals surface area contributed by atoms with Gasteiger partial charge in [0.05, 0.1) is 10.9 Å². The average molecular weight is 536 g/mol. The van der Waals surface area contributed by atoms with E-state index in [0.717, 1.165) is 44.4 Å². The van der Waals surface area contributed by atoms with Gasteiger partial charge in [-0.05, 0) is 62.5 Å². The summed E-state index contributed by atoms with van der Waals surface area (Å²) in [5, 5.41) is 8.58. The number of rotatable bonds is 3. The molecule has 7 aromatic carbocycles. The number of furan rings is 1. The molecule has 0 aliphatic rings. The first-order chi connectivity index (χ1) is 20.8. The molecule has 9 aromatic rings. The Hall–Kier alpha value is -5.60. The first-order valence-corrected chi connectivity index (χ1v) is 14.4. The van der Waals surface area contributed by atoms with Crippen molar-refractivity contribution in [3.05, 3.63) is 152 Å². The van der Waals surface area contributed by atoms with Crippen molar-refractivity contribution < 1.29 is 4.42 Å². The van der Waals surface area contributed by atoms with Gasteiger partial charge in [-0.3, -0.25) is 4.57 Å². The minimum Gasteiger partial charge on any atom is -0.438 e. The summed E-state index contributed by atoms with van der Waals surface area (Å²) < 4.78 is 9.06. The van der Waals surface area contributed by atoms with E-state index in [0.29, 0.717) is 0 Å². The molecule has 2 heteroatoms. The summed E-state index contributed by atoms with van der Waals surface area (Å²) in [6.07, 6.45) is 0. The van der Waals surface area contributed by atoms with E-state index in [1.54, 1.807) is 0 Å². The molecule has 2 nitrogen and oxygen atoms in total. The minimum absolute atomic E-state index is 0.874. The molecule has 0 atom stereocenters. The Labute approximate surface area is 242 Å². The average Bonchev–Trinajstić information content (AvgIpc) is 3.60. The number of hydrogen-bond donors (Lipinski definition) is 0. The van der Waals surface area contributed by atoms with Gasteiger partial charge in [-0.1, -0.05) is 127 Å². The van der Waals surface area contributed by atoms with Gasteiger partial charge in [0.1, 0.15) is 5.58 Å². The van der Waals surface area contributed by atoms with Crippen LogP contribution in [-0.4, -0.2) is 4.57 Å². The highest BCUT2D eigenvalue weighted by Crippen LogP contribution is 2.42. The van der Waals surface area contributed by atoms with Crippen molar-refractivity contribution in [2.45, 2.75) is 0 Å². The summed E-state index contributed by atoms with van der Waals surface area (Å²) in [5.41, 5.74) is 8.73. The third-order valence-corrected chi connectivity index (χ3v) is 8.60. The van der Waals surface area contributed by atoms with Crippen LogP contribution in [0.4, 0.5) is 0 Å². The highest BCUT2D eigenvalue weighted by molar-refractivity contribution is 6.21. The van der Waals surface area contributed by atoms with E-state index in [1.165, 1.54) is 38.1 Å². The first-order valence-electron chi connectivity index (χ1n) is 14.4. The van der Waals surface area contributed by atoms with Crippen molar-refractivity contribution in [3.8, 4) is 27.9 Å². The Bertz CT molecular complexity index is 2440. The van der Waals surface area contributed by atoms with Gasteiger partial charge in [-0.15, -0.1) is 0 Å². The predicted octanol–water partition coefficient (Wildman–Crippen LogP) is 11.2. The Morgan fingerprint density at radius 2 is 1.07 bits per heavy atom. The summed E-state index contributed by atoms with van der Waals surface area (Å²) in [5.74, 6) is 0. The lowest BCUT2D eigenvalue weighted by atomic mass is 9.93. The predicted molar refractivity (Wildman–Crippen MR) is 176 cm³/mol. The Morgan fingerprint density at radius 3 is 1.90 bits per heavy atom. The van der Waals surface area contributed by atoms with Crippen LogP contribution in [0.5, 0.6) is 0 Å². The second kappa shape index (κ2) is 8.95. The smallest absolute Gasteiger partial charge is 0.213 e. The molecule has 0 saturated carbocycles. The molecule has 196 valence electrons. The van der Waals surface area contributed by atoms with Crippen LogP contribution < -0.4 is 0 Å². The molecule has 0 aliphatic heterocycles. The van der Waals surface area contributed by atoms with Crippen LogP contribution in [0.25, 0.3) is 82.5 Å².